The normalized spacial score (nSPS) is 9.58. The van der Waals surface area contributed by atoms with E-state index >= 15 is 0 Å². The van der Waals surface area contributed by atoms with E-state index in [0.717, 1.165) is 10.6 Å². The van der Waals surface area contributed by atoms with Crippen LogP contribution in [0.1, 0.15) is 6.92 Å². The van der Waals surface area contributed by atoms with E-state index in [1.54, 1.807) is 25.1 Å². The highest BCUT2D eigenvalue weighted by Gasteiger charge is 2.10. The van der Waals surface area contributed by atoms with Gasteiger partial charge in [-0.05, 0) is 43.3 Å². The van der Waals surface area contributed by atoms with E-state index in [-0.39, 0.29) is 11.7 Å². The van der Waals surface area contributed by atoms with Crippen LogP contribution in [0.15, 0.2) is 53.4 Å². The molecule has 124 valence electrons. The van der Waals surface area contributed by atoms with Gasteiger partial charge in [0, 0.05) is 4.90 Å². The first-order chi connectivity index (χ1) is 11.7. The Balaban J connectivity index is 1.83. The molecule has 2 aromatic carbocycles. The van der Waals surface area contributed by atoms with Gasteiger partial charge in [-0.25, -0.2) is 0 Å². The lowest BCUT2D eigenvalue weighted by Crippen LogP contribution is -2.11. The Kier molecular flexibility index (Phi) is 7.06. The molecule has 0 atom stereocenters. The van der Waals surface area contributed by atoms with Crippen molar-refractivity contribution in [2.24, 2.45) is 0 Å². The van der Waals surface area contributed by atoms with Crippen LogP contribution in [0.2, 0.25) is 0 Å². The van der Waals surface area contributed by atoms with E-state index in [2.05, 4.69) is 11.8 Å². The zero-order chi connectivity index (χ0) is 17.2. The number of hydrogen-bond acceptors (Lipinski definition) is 5. The van der Waals surface area contributed by atoms with Gasteiger partial charge in [0.1, 0.15) is 12.4 Å². The highest BCUT2D eigenvalue weighted by Crippen LogP contribution is 2.27. The van der Waals surface area contributed by atoms with E-state index in [1.807, 2.05) is 30.3 Å². The first-order valence-corrected chi connectivity index (χ1v) is 8.30. The molecule has 0 saturated heterocycles. The van der Waals surface area contributed by atoms with Crippen LogP contribution in [-0.2, 0) is 4.79 Å². The molecule has 0 aromatic heterocycles. The van der Waals surface area contributed by atoms with E-state index in [1.165, 1.54) is 18.9 Å². The predicted molar refractivity (Wildman–Crippen MR) is 94.7 cm³/mol. The lowest BCUT2D eigenvalue weighted by molar-refractivity contribution is -0.131. The molecular weight excluding hydrogens is 324 g/mol. The number of carbonyl (C=O) groups excluding carboxylic acids is 1. The molecule has 0 amide bonds. The van der Waals surface area contributed by atoms with Crippen molar-refractivity contribution in [3.63, 3.8) is 0 Å². The summed E-state index contributed by atoms with van der Waals surface area (Å²) in [5, 5.41) is 0. The minimum Gasteiger partial charge on any atom is -0.493 e. The van der Waals surface area contributed by atoms with Crippen molar-refractivity contribution in [2.45, 2.75) is 11.8 Å². The van der Waals surface area contributed by atoms with Crippen LogP contribution in [0.25, 0.3) is 0 Å². The molecule has 0 N–H and O–H groups in total. The van der Waals surface area contributed by atoms with Crippen molar-refractivity contribution in [1.82, 2.24) is 0 Å². The number of esters is 1. The third-order valence-corrected chi connectivity index (χ3v) is 3.95. The van der Waals surface area contributed by atoms with Crippen molar-refractivity contribution >= 4 is 17.7 Å². The van der Waals surface area contributed by atoms with Crippen molar-refractivity contribution < 1.29 is 19.0 Å². The highest BCUT2D eigenvalue weighted by atomic mass is 32.2. The molecule has 0 bridgehead atoms. The number of ether oxygens (including phenoxy) is 3. The largest absolute Gasteiger partial charge is 0.493 e. The average Bonchev–Trinajstić information content (AvgIpc) is 2.62. The van der Waals surface area contributed by atoms with E-state index in [9.17, 15) is 4.79 Å². The minimum atomic E-state index is -0.331. The maximum atomic E-state index is 12.0. The second-order valence-electron chi connectivity index (χ2n) is 4.60. The molecule has 24 heavy (non-hydrogen) atoms. The summed E-state index contributed by atoms with van der Waals surface area (Å²) < 4.78 is 15.9. The van der Waals surface area contributed by atoms with E-state index < -0.39 is 0 Å². The number of hydrogen-bond donors (Lipinski definition) is 0. The molecule has 0 fully saturated rings. The van der Waals surface area contributed by atoms with Crippen molar-refractivity contribution in [3.8, 4) is 29.1 Å². The monoisotopic (exact) mass is 342 g/mol. The van der Waals surface area contributed by atoms with Gasteiger partial charge in [-0.1, -0.05) is 18.1 Å². The summed E-state index contributed by atoms with van der Waals surface area (Å²) in [4.78, 5) is 12.9. The molecule has 0 saturated carbocycles. The lowest BCUT2D eigenvalue weighted by Gasteiger charge is -2.08. The van der Waals surface area contributed by atoms with Crippen LogP contribution in [0, 0.1) is 11.8 Å². The van der Waals surface area contributed by atoms with Gasteiger partial charge in [-0.3, -0.25) is 4.79 Å². The second kappa shape index (κ2) is 9.53. The predicted octanol–water partition coefficient (Wildman–Crippen LogP) is 3.80. The van der Waals surface area contributed by atoms with Gasteiger partial charge in [0.05, 0.1) is 12.9 Å². The number of methoxy groups -OCH3 is 1. The Morgan fingerprint density at radius 3 is 2.46 bits per heavy atom. The molecule has 0 aliphatic carbocycles. The summed E-state index contributed by atoms with van der Waals surface area (Å²) >= 11 is 1.40. The van der Waals surface area contributed by atoms with Gasteiger partial charge in [-0.15, -0.1) is 17.7 Å². The first kappa shape index (κ1) is 17.8. The first-order valence-electron chi connectivity index (χ1n) is 7.32. The minimum absolute atomic E-state index is 0.208. The van der Waals surface area contributed by atoms with Gasteiger partial charge in [-0.2, -0.15) is 0 Å². The quantitative estimate of drug-likeness (QED) is 0.331. The van der Waals surface area contributed by atoms with Crippen LogP contribution in [-0.4, -0.2) is 25.4 Å². The molecule has 5 heteroatoms. The third-order valence-electron chi connectivity index (χ3n) is 2.96. The van der Waals surface area contributed by atoms with Gasteiger partial charge < -0.3 is 14.2 Å². The molecule has 0 aliphatic heterocycles. The summed E-state index contributed by atoms with van der Waals surface area (Å²) in [5.41, 5.74) is 0. The van der Waals surface area contributed by atoms with E-state index in [4.69, 9.17) is 14.2 Å². The fraction of sp³-hybridized carbons (Fsp3) is 0.211. The Hall–Kier alpha value is -2.58. The van der Waals surface area contributed by atoms with Crippen LogP contribution in [0.3, 0.4) is 0 Å². The van der Waals surface area contributed by atoms with Crippen LogP contribution in [0.5, 0.6) is 17.2 Å². The number of rotatable bonds is 7. The maximum Gasteiger partial charge on any atom is 0.321 e. The fourth-order valence-electron chi connectivity index (χ4n) is 1.82. The Labute approximate surface area is 146 Å². The van der Waals surface area contributed by atoms with Gasteiger partial charge in [0.25, 0.3) is 0 Å². The van der Waals surface area contributed by atoms with Crippen LogP contribution in [0.4, 0.5) is 0 Å². The Bertz CT molecular complexity index is 729. The SMILES string of the molecule is CC#CCOc1ccc(SCC(=O)Oc2ccccc2OC)cc1. The van der Waals surface area contributed by atoms with Crippen molar-refractivity contribution in [1.29, 1.82) is 0 Å². The summed E-state index contributed by atoms with van der Waals surface area (Å²) in [7, 11) is 1.54. The average molecular weight is 342 g/mol. The van der Waals surface area contributed by atoms with Gasteiger partial charge in [0.2, 0.25) is 0 Å². The molecule has 0 spiro atoms. The summed E-state index contributed by atoms with van der Waals surface area (Å²) in [6, 6.07) is 14.6. The second-order valence-corrected chi connectivity index (χ2v) is 5.65. The lowest BCUT2D eigenvalue weighted by atomic mass is 10.3. The van der Waals surface area contributed by atoms with Crippen molar-refractivity contribution in [2.75, 3.05) is 19.5 Å². The molecule has 0 aliphatic rings. The molecule has 2 rings (SSSR count). The van der Waals surface area contributed by atoms with E-state index in [0.29, 0.717) is 18.1 Å². The summed E-state index contributed by atoms with van der Waals surface area (Å²) in [6.45, 7) is 2.14. The molecular formula is C19H18O4S. The Morgan fingerprint density at radius 1 is 1.08 bits per heavy atom. The zero-order valence-corrected chi connectivity index (χ0v) is 14.4. The number of para-hydroxylation sites is 2. The maximum absolute atomic E-state index is 12.0. The zero-order valence-electron chi connectivity index (χ0n) is 13.6. The molecule has 0 unspecified atom stereocenters. The van der Waals surface area contributed by atoms with Crippen LogP contribution >= 0.6 is 11.8 Å². The summed E-state index contributed by atoms with van der Waals surface area (Å²) in [5.74, 6) is 7.19. The third kappa shape index (κ3) is 5.56. The molecule has 0 heterocycles. The van der Waals surface area contributed by atoms with Gasteiger partial charge >= 0.3 is 5.97 Å². The number of benzene rings is 2. The van der Waals surface area contributed by atoms with Crippen molar-refractivity contribution in [3.05, 3.63) is 48.5 Å². The van der Waals surface area contributed by atoms with Gasteiger partial charge in [0.15, 0.2) is 11.5 Å². The summed E-state index contributed by atoms with van der Waals surface area (Å²) in [6.07, 6.45) is 0. The number of carbonyl (C=O) groups is 1. The Morgan fingerprint density at radius 2 is 1.79 bits per heavy atom. The molecule has 4 nitrogen and oxygen atoms in total. The smallest absolute Gasteiger partial charge is 0.321 e. The molecule has 0 radical (unpaired) electrons. The highest BCUT2D eigenvalue weighted by molar-refractivity contribution is 8.00. The fourth-order valence-corrected chi connectivity index (χ4v) is 2.49. The topological polar surface area (TPSA) is 44.8 Å². The molecule has 2 aromatic rings. The standard InChI is InChI=1S/C19H18O4S/c1-3-4-13-22-15-9-11-16(12-10-15)24-14-19(20)23-18-8-6-5-7-17(18)21-2/h5-12H,13-14H2,1-2H3. The van der Waals surface area contributed by atoms with Crippen LogP contribution < -0.4 is 14.2 Å². The number of thioether (sulfide) groups is 1.